The number of nitrogens with zero attached hydrogens (tertiary/aromatic N) is 2. The molecule has 0 N–H and O–H groups in total. The lowest BCUT2D eigenvalue weighted by Crippen LogP contribution is -2.31. The fraction of sp³-hybridized carbons (Fsp3) is 0.185. The number of pyridine rings is 2. The quantitative estimate of drug-likeness (QED) is 0.324. The van der Waals surface area contributed by atoms with Gasteiger partial charge in [-0.05, 0) is 47.7 Å². The SMILES string of the molecule is Cc1ccc2c(oc3ncccc32)c1-c1ccc(-c2cccc(C(C)C)c2)c[n+]1C. The van der Waals surface area contributed by atoms with Crippen LogP contribution in [-0.2, 0) is 7.05 Å². The minimum absolute atomic E-state index is 0.514. The number of hydrogen-bond donors (Lipinski definition) is 0. The molecule has 0 atom stereocenters. The molecule has 0 fully saturated rings. The predicted molar refractivity (Wildman–Crippen MR) is 122 cm³/mol. The average molecular weight is 394 g/mol. The smallest absolute Gasteiger partial charge is 0.227 e. The Morgan fingerprint density at radius 3 is 2.57 bits per heavy atom. The fourth-order valence-corrected chi connectivity index (χ4v) is 4.21. The zero-order chi connectivity index (χ0) is 20.8. The lowest BCUT2D eigenvalue weighted by Gasteiger charge is -2.09. The summed E-state index contributed by atoms with van der Waals surface area (Å²) in [4.78, 5) is 4.41. The van der Waals surface area contributed by atoms with Gasteiger partial charge in [0.05, 0.1) is 5.56 Å². The Balaban J connectivity index is 1.68. The minimum Gasteiger partial charge on any atom is -0.437 e. The standard InChI is InChI=1S/C27H25N2O/c1-17(2)19-7-5-8-20(15-19)21-11-13-24(29(4)16-21)25-18(3)10-12-22-23-9-6-14-28-27(23)30-26(22)25/h5-17H,1-4H3/q+1. The van der Waals surface area contributed by atoms with E-state index in [0.717, 1.165) is 27.6 Å². The summed E-state index contributed by atoms with van der Waals surface area (Å²) in [6.45, 7) is 6.59. The Labute approximate surface area is 176 Å². The molecule has 3 heterocycles. The van der Waals surface area contributed by atoms with E-state index in [1.807, 2.05) is 6.07 Å². The molecule has 0 saturated heterocycles. The summed E-state index contributed by atoms with van der Waals surface area (Å²) in [7, 11) is 2.10. The summed E-state index contributed by atoms with van der Waals surface area (Å²) in [5.74, 6) is 0.514. The van der Waals surface area contributed by atoms with E-state index in [1.165, 1.54) is 22.3 Å². The van der Waals surface area contributed by atoms with Crippen LogP contribution in [0.3, 0.4) is 0 Å². The van der Waals surface area contributed by atoms with Gasteiger partial charge < -0.3 is 4.42 Å². The predicted octanol–water partition coefficient (Wildman–Crippen LogP) is 6.57. The molecule has 5 rings (SSSR count). The van der Waals surface area contributed by atoms with Gasteiger partial charge in [0.2, 0.25) is 11.4 Å². The number of benzene rings is 2. The van der Waals surface area contributed by atoms with Crippen molar-refractivity contribution in [2.24, 2.45) is 7.05 Å². The third-order valence-corrected chi connectivity index (χ3v) is 5.90. The first-order valence-electron chi connectivity index (χ1n) is 10.4. The van der Waals surface area contributed by atoms with E-state index >= 15 is 0 Å². The molecular weight excluding hydrogens is 368 g/mol. The summed E-state index contributed by atoms with van der Waals surface area (Å²) >= 11 is 0. The van der Waals surface area contributed by atoms with E-state index in [4.69, 9.17) is 4.42 Å². The van der Waals surface area contributed by atoms with Crippen molar-refractivity contribution in [1.82, 2.24) is 4.98 Å². The zero-order valence-electron chi connectivity index (χ0n) is 17.8. The zero-order valence-corrected chi connectivity index (χ0v) is 17.8. The fourth-order valence-electron chi connectivity index (χ4n) is 4.21. The van der Waals surface area contributed by atoms with Crippen LogP contribution in [0.4, 0.5) is 0 Å². The van der Waals surface area contributed by atoms with Crippen molar-refractivity contribution in [3.8, 4) is 22.4 Å². The topological polar surface area (TPSA) is 29.9 Å². The summed E-state index contributed by atoms with van der Waals surface area (Å²) in [5.41, 5.74) is 8.82. The van der Waals surface area contributed by atoms with Crippen molar-refractivity contribution >= 4 is 22.1 Å². The van der Waals surface area contributed by atoms with E-state index in [0.29, 0.717) is 11.6 Å². The highest BCUT2D eigenvalue weighted by Gasteiger charge is 2.21. The van der Waals surface area contributed by atoms with Crippen LogP contribution in [0.15, 0.2) is 77.5 Å². The largest absolute Gasteiger partial charge is 0.437 e. The van der Waals surface area contributed by atoms with Crippen LogP contribution in [0, 0.1) is 6.92 Å². The molecule has 0 aliphatic heterocycles. The van der Waals surface area contributed by atoms with Gasteiger partial charge in [-0.2, -0.15) is 0 Å². The Hall–Kier alpha value is -3.46. The number of hydrogen-bond acceptors (Lipinski definition) is 2. The van der Waals surface area contributed by atoms with E-state index in [2.05, 4.69) is 98.2 Å². The summed E-state index contributed by atoms with van der Waals surface area (Å²) in [6.07, 6.45) is 3.98. The Bertz CT molecular complexity index is 1400. The monoisotopic (exact) mass is 393 g/mol. The van der Waals surface area contributed by atoms with Gasteiger partial charge in [-0.15, -0.1) is 0 Å². The summed E-state index contributed by atoms with van der Waals surface area (Å²) in [6, 6.07) is 21.5. The van der Waals surface area contributed by atoms with Crippen LogP contribution in [0.2, 0.25) is 0 Å². The normalized spacial score (nSPS) is 11.6. The molecule has 2 aromatic carbocycles. The molecule has 148 valence electrons. The van der Waals surface area contributed by atoms with Gasteiger partial charge in [-0.1, -0.05) is 50.2 Å². The van der Waals surface area contributed by atoms with Crippen molar-refractivity contribution < 1.29 is 8.98 Å². The molecule has 0 amide bonds. The van der Waals surface area contributed by atoms with Crippen molar-refractivity contribution in [3.05, 3.63) is 84.2 Å². The van der Waals surface area contributed by atoms with Gasteiger partial charge in [0.1, 0.15) is 7.05 Å². The second-order valence-corrected chi connectivity index (χ2v) is 8.29. The number of aromatic nitrogens is 2. The highest BCUT2D eigenvalue weighted by atomic mass is 16.3. The lowest BCUT2D eigenvalue weighted by atomic mass is 9.97. The summed E-state index contributed by atoms with van der Waals surface area (Å²) < 4.78 is 8.40. The van der Waals surface area contributed by atoms with Gasteiger partial charge >= 0.3 is 0 Å². The van der Waals surface area contributed by atoms with E-state index in [-0.39, 0.29) is 0 Å². The highest BCUT2D eigenvalue weighted by molar-refractivity contribution is 6.08. The molecule has 0 saturated carbocycles. The van der Waals surface area contributed by atoms with Gasteiger partial charge in [0.15, 0.2) is 11.8 Å². The van der Waals surface area contributed by atoms with Crippen molar-refractivity contribution in [2.45, 2.75) is 26.7 Å². The van der Waals surface area contributed by atoms with Crippen LogP contribution >= 0.6 is 0 Å². The van der Waals surface area contributed by atoms with Crippen molar-refractivity contribution in [2.75, 3.05) is 0 Å². The number of fused-ring (bicyclic) bond motifs is 3. The van der Waals surface area contributed by atoms with Gasteiger partial charge in [-0.25, -0.2) is 9.55 Å². The van der Waals surface area contributed by atoms with Crippen LogP contribution in [0.5, 0.6) is 0 Å². The van der Waals surface area contributed by atoms with Crippen LogP contribution in [-0.4, -0.2) is 4.98 Å². The Kier molecular flexibility index (Phi) is 4.39. The third-order valence-electron chi connectivity index (χ3n) is 5.90. The molecule has 3 nitrogen and oxygen atoms in total. The van der Waals surface area contributed by atoms with Gasteiger partial charge in [0.25, 0.3) is 0 Å². The van der Waals surface area contributed by atoms with E-state index < -0.39 is 0 Å². The lowest BCUT2D eigenvalue weighted by molar-refractivity contribution is -0.659. The van der Waals surface area contributed by atoms with Crippen LogP contribution in [0.25, 0.3) is 44.5 Å². The molecule has 0 spiro atoms. The first-order chi connectivity index (χ1) is 14.5. The second kappa shape index (κ2) is 7.10. The molecular formula is C27H25N2O+. The maximum atomic E-state index is 6.21. The second-order valence-electron chi connectivity index (χ2n) is 8.29. The molecule has 3 heteroatoms. The van der Waals surface area contributed by atoms with Gasteiger partial charge in [-0.3, -0.25) is 0 Å². The van der Waals surface area contributed by atoms with Crippen LogP contribution in [0.1, 0.15) is 30.9 Å². The van der Waals surface area contributed by atoms with E-state index in [1.54, 1.807) is 6.20 Å². The maximum Gasteiger partial charge on any atom is 0.227 e. The van der Waals surface area contributed by atoms with Crippen LogP contribution < -0.4 is 4.57 Å². The number of rotatable bonds is 3. The highest BCUT2D eigenvalue weighted by Crippen LogP contribution is 2.36. The molecule has 0 radical (unpaired) electrons. The average Bonchev–Trinajstić information content (AvgIpc) is 3.13. The molecule has 0 unspecified atom stereocenters. The maximum absolute atomic E-state index is 6.21. The molecule has 0 aliphatic rings. The molecule has 0 bridgehead atoms. The van der Waals surface area contributed by atoms with Gasteiger partial charge in [0, 0.05) is 28.6 Å². The van der Waals surface area contributed by atoms with Crippen molar-refractivity contribution in [3.63, 3.8) is 0 Å². The first kappa shape index (κ1) is 18.6. The van der Waals surface area contributed by atoms with E-state index in [9.17, 15) is 0 Å². The number of aryl methyl sites for hydroxylation is 2. The Morgan fingerprint density at radius 2 is 1.77 bits per heavy atom. The first-order valence-corrected chi connectivity index (χ1v) is 10.4. The van der Waals surface area contributed by atoms with Crippen molar-refractivity contribution in [1.29, 1.82) is 0 Å². The molecule has 0 aliphatic carbocycles. The molecule has 5 aromatic rings. The Morgan fingerprint density at radius 1 is 0.900 bits per heavy atom. The third kappa shape index (κ3) is 2.98. The summed E-state index contributed by atoms with van der Waals surface area (Å²) in [5, 5.41) is 2.16. The number of furan rings is 1. The minimum atomic E-state index is 0.514. The molecule has 30 heavy (non-hydrogen) atoms. The molecule has 3 aromatic heterocycles.